The maximum Gasteiger partial charge on any atom is 0.186 e. The lowest BCUT2D eigenvalue weighted by Gasteiger charge is -2.44. The van der Waals surface area contributed by atoms with E-state index in [1.54, 1.807) is 20.8 Å². The summed E-state index contributed by atoms with van der Waals surface area (Å²) in [5.74, 6) is -0.0768. The van der Waals surface area contributed by atoms with Gasteiger partial charge in [0.2, 0.25) is 0 Å². The van der Waals surface area contributed by atoms with Gasteiger partial charge in [-0.25, -0.2) is 0 Å². The molecule has 1 fully saturated rings. The molecule has 7 atom stereocenters. The number of ketones is 1. The minimum absolute atomic E-state index is 0.0768. The Kier molecular flexibility index (Phi) is 7.17. The molecule has 2 aliphatic rings. The van der Waals surface area contributed by atoms with Gasteiger partial charge in [-0.05, 0) is 24.6 Å². The monoisotopic (exact) mass is 402 g/mol. The number of ether oxygens (including phenoxy) is 2. The third kappa shape index (κ3) is 4.52. The topological polar surface area (TPSA) is 157 Å². The Bertz CT molecular complexity index is 627. The van der Waals surface area contributed by atoms with Gasteiger partial charge in [-0.1, -0.05) is 19.9 Å². The van der Waals surface area contributed by atoms with Crippen molar-refractivity contribution in [1.82, 2.24) is 0 Å². The molecule has 0 bridgehead atoms. The third-order valence-electron chi connectivity index (χ3n) is 5.47. The van der Waals surface area contributed by atoms with Gasteiger partial charge < -0.3 is 40.1 Å². The Morgan fingerprint density at radius 3 is 2.50 bits per heavy atom. The molecule has 0 amide bonds. The van der Waals surface area contributed by atoms with Gasteiger partial charge in [0.25, 0.3) is 0 Å². The van der Waals surface area contributed by atoms with Gasteiger partial charge in [-0.15, -0.1) is 0 Å². The molecule has 1 aliphatic heterocycles. The van der Waals surface area contributed by atoms with Crippen molar-refractivity contribution >= 4 is 5.78 Å². The van der Waals surface area contributed by atoms with Crippen LogP contribution in [0.1, 0.15) is 27.2 Å². The van der Waals surface area contributed by atoms with Crippen LogP contribution in [0.2, 0.25) is 0 Å². The highest BCUT2D eigenvalue weighted by Crippen LogP contribution is 2.44. The molecule has 0 radical (unpaired) electrons. The molecule has 9 nitrogen and oxygen atoms in total. The SMILES string of the molecule is CC1=CC(=O)CC(C)(C)[C@@]1(O)/C=C/C(O)CO[C@@H]1O[C@H](CO)[C@@H](O)[C@H](O)[C@H]1O. The molecule has 160 valence electrons. The van der Waals surface area contributed by atoms with E-state index in [-0.39, 0.29) is 18.8 Å². The number of carbonyl (C=O) groups is 1. The molecule has 0 aromatic heterocycles. The Morgan fingerprint density at radius 1 is 1.29 bits per heavy atom. The smallest absolute Gasteiger partial charge is 0.186 e. The van der Waals surface area contributed by atoms with Gasteiger partial charge in [-0.3, -0.25) is 4.79 Å². The summed E-state index contributed by atoms with van der Waals surface area (Å²) < 4.78 is 10.5. The van der Waals surface area contributed by atoms with Crippen LogP contribution in [0.15, 0.2) is 23.8 Å². The van der Waals surface area contributed by atoms with Crippen LogP contribution in [-0.2, 0) is 14.3 Å². The lowest BCUT2D eigenvalue weighted by atomic mass is 9.64. The van der Waals surface area contributed by atoms with Gasteiger partial charge in [0.1, 0.15) is 30.0 Å². The van der Waals surface area contributed by atoms with Crippen molar-refractivity contribution in [1.29, 1.82) is 0 Å². The van der Waals surface area contributed by atoms with Gasteiger partial charge in [-0.2, -0.15) is 0 Å². The van der Waals surface area contributed by atoms with E-state index in [0.717, 1.165) is 0 Å². The Balaban J connectivity index is 2.01. The first-order valence-electron chi connectivity index (χ1n) is 9.16. The summed E-state index contributed by atoms with van der Waals surface area (Å²) in [4.78, 5) is 11.7. The van der Waals surface area contributed by atoms with Crippen molar-refractivity contribution in [2.45, 2.75) is 69.6 Å². The van der Waals surface area contributed by atoms with Crippen LogP contribution in [0.3, 0.4) is 0 Å². The van der Waals surface area contributed by atoms with E-state index in [1.165, 1.54) is 18.2 Å². The largest absolute Gasteiger partial charge is 0.394 e. The Labute approximate surface area is 163 Å². The molecule has 6 N–H and O–H groups in total. The van der Waals surface area contributed by atoms with Gasteiger partial charge >= 0.3 is 0 Å². The molecule has 28 heavy (non-hydrogen) atoms. The second-order valence-electron chi connectivity index (χ2n) is 8.08. The number of carbonyl (C=O) groups excluding carboxylic acids is 1. The molecule has 1 saturated heterocycles. The summed E-state index contributed by atoms with van der Waals surface area (Å²) in [7, 11) is 0. The summed E-state index contributed by atoms with van der Waals surface area (Å²) >= 11 is 0. The molecule has 1 aliphatic carbocycles. The van der Waals surface area contributed by atoms with Crippen molar-refractivity contribution in [2.24, 2.45) is 5.41 Å². The van der Waals surface area contributed by atoms with Crippen LogP contribution in [0.25, 0.3) is 0 Å². The van der Waals surface area contributed by atoms with Crippen LogP contribution in [-0.4, -0.2) is 92.0 Å². The van der Waals surface area contributed by atoms with Crippen LogP contribution in [0.4, 0.5) is 0 Å². The zero-order valence-corrected chi connectivity index (χ0v) is 16.2. The summed E-state index contributed by atoms with van der Waals surface area (Å²) in [5.41, 5.74) is -1.73. The molecule has 2 rings (SSSR count). The first-order valence-corrected chi connectivity index (χ1v) is 9.16. The summed E-state index contributed by atoms with van der Waals surface area (Å²) in [6, 6.07) is 0. The molecule has 0 aromatic rings. The van der Waals surface area contributed by atoms with Crippen LogP contribution < -0.4 is 0 Å². The minimum atomic E-state index is -1.57. The fraction of sp³-hybridized carbons (Fsp3) is 0.737. The van der Waals surface area contributed by atoms with Crippen molar-refractivity contribution in [2.75, 3.05) is 13.2 Å². The summed E-state index contributed by atoms with van der Waals surface area (Å²) in [6.45, 7) is 4.22. The van der Waals surface area contributed by atoms with Crippen LogP contribution in [0.5, 0.6) is 0 Å². The summed E-state index contributed by atoms with van der Waals surface area (Å²) in [6.07, 6.45) is -4.01. The zero-order chi connectivity index (χ0) is 21.3. The number of allylic oxidation sites excluding steroid dienone is 1. The van der Waals surface area contributed by atoms with Gasteiger partial charge in [0, 0.05) is 11.8 Å². The highest BCUT2D eigenvalue weighted by atomic mass is 16.7. The van der Waals surface area contributed by atoms with Crippen LogP contribution >= 0.6 is 0 Å². The lowest BCUT2D eigenvalue weighted by molar-refractivity contribution is -0.303. The van der Waals surface area contributed by atoms with E-state index >= 15 is 0 Å². The van der Waals surface area contributed by atoms with E-state index in [9.17, 15) is 30.3 Å². The van der Waals surface area contributed by atoms with Crippen molar-refractivity contribution in [3.63, 3.8) is 0 Å². The van der Waals surface area contributed by atoms with Crippen molar-refractivity contribution < 1.29 is 44.9 Å². The molecule has 1 unspecified atom stereocenters. The van der Waals surface area contributed by atoms with E-state index in [2.05, 4.69) is 0 Å². The van der Waals surface area contributed by atoms with Crippen LogP contribution in [0, 0.1) is 5.41 Å². The quantitative estimate of drug-likeness (QED) is 0.288. The van der Waals surface area contributed by atoms with Crippen molar-refractivity contribution in [3.8, 4) is 0 Å². The van der Waals surface area contributed by atoms with Gasteiger partial charge in [0.15, 0.2) is 12.1 Å². The average molecular weight is 402 g/mol. The Hall–Kier alpha value is -1.17. The first kappa shape index (κ1) is 23.1. The number of hydrogen-bond acceptors (Lipinski definition) is 9. The molecular weight excluding hydrogens is 372 g/mol. The van der Waals surface area contributed by atoms with E-state index < -0.39 is 54.4 Å². The maximum absolute atomic E-state index is 11.7. The highest BCUT2D eigenvalue weighted by Gasteiger charge is 2.47. The maximum atomic E-state index is 11.7. The van der Waals surface area contributed by atoms with E-state index in [1.807, 2.05) is 0 Å². The number of rotatable bonds is 6. The predicted molar refractivity (Wildman–Crippen MR) is 97.0 cm³/mol. The van der Waals surface area contributed by atoms with Gasteiger partial charge in [0.05, 0.1) is 19.3 Å². The minimum Gasteiger partial charge on any atom is -0.394 e. The fourth-order valence-electron chi connectivity index (χ4n) is 3.57. The molecule has 0 aromatic carbocycles. The first-order chi connectivity index (χ1) is 12.9. The number of hydrogen-bond donors (Lipinski definition) is 6. The molecule has 0 saturated carbocycles. The second-order valence-corrected chi connectivity index (χ2v) is 8.08. The Morgan fingerprint density at radius 2 is 1.93 bits per heavy atom. The molecule has 0 spiro atoms. The lowest BCUT2D eigenvalue weighted by Crippen LogP contribution is -2.59. The number of aliphatic hydroxyl groups excluding tert-OH is 5. The second kappa shape index (κ2) is 8.68. The zero-order valence-electron chi connectivity index (χ0n) is 16.2. The summed E-state index contributed by atoms with van der Waals surface area (Å²) in [5, 5.41) is 59.7. The fourth-order valence-corrected chi connectivity index (χ4v) is 3.57. The van der Waals surface area contributed by atoms with Crippen molar-refractivity contribution in [3.05, 3.63) is 23.8 Å². The average Bonchev–Trinajstić information content (AvgIpc) is 2.61. The molecule has 9 heteroatoms. The highest BCUT2D eigenvalue weighted by molar-refractivity contribution is 5.92. The molecule has 1 heterocycles. The predicted octanol–water partition coefficient (Wildman–Crippen LogP) is -1.60. The normalized spacial score (nSPS) is 39.8. The third-order valence-corrected chi connectivity index (χ3v) is 5.47. The standard InChI is InChI=1S/C19H30O9/c1-10-6-12(22)7-18(2,3)19(10,26)5-4-11(21)9-27-17-16(25)15(24)14(23)13(8-20)28-17/h4-6,11,13-17,20-21,23-26H,7-9H2,1-3H3/b5-4+/t11?,13-,14-,15+,16-,17-,19-/m1/s1. The van der Waals surface area contributed by atoms with E-state index in [4.69, 9.17) is 14.6 Å². The van der Waals surface area contributed by atoms with E-state index in [0.29, 0.717) is 5.57 Å². The molecular formula is C19H30O9. The number of aliphatic hydroxyl groups is 6.